The number of hydrogen-bond acceptors (Lipinski definition) is 5. The van der Waals surface area contributed by atoms with Crippen molar-refractivity contribution in [2.45, 2.75) is 45.3 Å². The normalized spacial score (nSPS) is 17.5. The second-order valence-corrected chi connectivity index (χ2v) is 7.35. The maximum Gasteiger partial charge on any atom is 0.494 e. The molecule has 26 heavy (non-hydrogen) atoms. The van der Waals surface area contributed by atoms with Gasteiger partial charge in [-0.05, 0) is 38.7 Å². The first-order valence-corrected chi connectivity index (χ1v) is 8.40. The van der Waals surface area contributed by atoms with E-state index in [0.717, 1.165) is 11.0 Å². The molecular weight excluding hydrogens is 333 g/mol. The van der Waals surface area contributed by atoms with E-state index in [-0.39, 0.29) is 17.6 Å². The third kappa shape index (κ3) is 4.86. The average Bonchev–Trinajstić information content (AvgIpc) is 2.99. The molecule has 8 heteroatoms. The number of carboxylic acids is 1. The SMILES string of the molecule is CC1(C)OB(c2ccc(CC(=O)O)cc2)OC1(C)C.Cn1cc(N)cn1. The van der Waals surface area contributed by atoms with Crippen LogP contribution in [-0.2, 0) is 27.6 Å². The summed E-state index contributed by atoms with van der Waals surface area (Å²) in [6.07, 6.45) is 3.39. The zero-order chi connectivity index (χ0) is 19.5. The van der Waals surface area contributed by atoms with E-state index in [1.165, 1.54) is 0 Å². The zero-order valence-corrected chi connectivity index (χ0v) is 15.9. The maximum atomic E-state index is 10.6. The fourth-order valence-corrected chi connectivity index (χ4v) is 2.39. The van der Waals surface area contributed by atoms with Gasteiger partial charge in [-0.2, -0.15) is 5.10 Å². The molecule has 1 aromatic heterocycles. The first kappa shape index (κ1) is 20.0. The number of carboxylic acid groups (broad SMARTS) is 1. The summed E-state index contributed by atoms with van der Waals surface area (Å²) in [5.74, 6) is -0.830. The van der Waals surface area contributed by atoms with Gasteiger partial charge in [0, 0.05) is 13.2 Å². The lowest BCUT2D eigenvalue weighted by Crippen LogP contribution is -2.41. The van der Waals surface area contributed by atoms with Crippen LogP contribution in [0.3, 0.4) is 0 Å². The van der Waals surface area contributed by atoms with E-state index in [4.69, 9.17) is 20.1 Å². The van der Waals surface area contributed by atoms with Crippen molar-refractivity contribution >= 4 is 24.2 Å². The number of carbonyl (C=O) groups is 1. The minimum atomic E-state index is -0.830. The molecule has 1 aromatic carbocycles. The van der Waals surface area contributed by atoms with Gasteiger partial charge < -0.3 is 20.1 Å². The van der Waals surface area contributed by atoms with Gasteiger partial charge in [-0.25, -0.2) is 0 Å². The van der Waals surface area contributed by atoms with E-state index in [1.807, 2.05) is 46.9 Å². The van der Waals surface area contributed by atoms with E-state index in [2.05, 4.69) is 5.10 Å². The van der Waals surface area contributed by atoms with Crippen molar-refractivity contribution in [3.05, 3.63) is 42.2 Å². The number of hydrogen-bond donors (Lipinski definition) is 2. The second-order valence-electron chi connectivity index (χ2n) is 7.35. The van der Waals surface area contributed by atoms with Gasteiger partial charge in [0.1, 0.15) is 0 Å². The quantitative estimate of drug-likeness (QED) is 0.808. The van der Waals surface area contributed by atoms with Crippen molar-refractivity contribution in [2.75, 3.05) is 5.73 Å². The van der Waals surface area contributed by atoms with Crippen molar-refractivity contribution in [3.8, 4) is 0 Å². The highest BCUT2D eigenvalue weighted by Gasteiger charge is 2.51. The van der Waals surface area contributed by atoms with Crippen LogP contribution in [0.5, 0.6) is 0 Å². The lowest BCUT2D eigenvalue weighted by molar-refractivity contribution is -0.136. The van der Waals surface area contributed by atoms with Crippen molar-refractivity contribution in [2.24, 2.45) is 7.05 Å². The molecule has 1 saturated heterocycles. The number of nitrogen functional groups attached to an aromatic ring is 1. The van der Waals surface area contributed by atoms with E-state index in [1.54, 1.807) is 29.2 Å². The van der Waals surface area contributed by atoms with Crippen LogP contribution in [0.2, 0.25) is 0 Å². The molecule has 1 aliphatic heterocycles. The standard InChI is InChI=1S/C14H19BO4.C4H7N3/c1-13(2)14(3,4)19-15(18-13)11-7-5-10(6-8-11)9-12(16)17;1-7-3-4(5)2-6-7/h5-8H,9H2,1-4H3,(H,16,17);2-3H,5H2,1H3. The van der Waals surface area contributed by atoms with Crippen LogP contribution in [0, 0.1) is 0 Å². The zero-order valence-electron chi connectivity index (χ0n) is 15.9. The lowest BCUT2D eigenvalue weighted by Gasteiger charge is -2.32. The first-order valence-electron chi connectivity index (χ1n) is 8.40. The Labute approximate surface area is 154 Å². The van der Waals surface area contributed by atoms with Crippen LogP contribution in [0.1, 0.15) is 33.3 Å². The summed E-state index contributed by atoms with van der Waals surface area (Å²) in [5, 5.41) is 12.5. The number of rotatable bonds is 3. The van der Waals surface area contributed by atoms with Crippen LogP contribution in [0.4, 0.5) is 5.69 Å². The van der Waals surface area contributed by atoms with Crippen LogP contribution >= 0.6 is 0 Å². The van der Waals surface area contributed by atoms with Gasteiger partial charge in [0.05, 0.1) is 29.5 Å². The highest BCUT2D eigenvalue weighted by molar-refractivity contribution is 6.62. The molecule has 0 saturated carbocycles. The third-order valence-corrected chi connectivity index (χ3v) is 4.59. The molecule has 0 radical (unpaired) electrons. The highest BCUT2D eigenvalue weighted by atomic mass is 16.7. The molecule has 3 N–H and O–H groups in total. The lowest BCUT2D eigenvalue weighted by atomic mass is 9.79. The van der Waals surface area contributed by atoms with Gasteiger partial charge in [-0.15, -0.1) is 0 Å². The minimum absolute atomic E-state index is 0.0314. The van der Waals surface area contributed by atoms with Crippen LogP contribution in [0.25, 0.3) is 0 Å². The van der Waals surface area contributed by atoms with Crippen molar-refractivity contribution in [3.63, 3.8) is 0 Å². The maximum absolute atomic E-state index is 10.6. The van der Waals surface area contributed by atoms with Crippen molar-refractivity contribution < 1.29 is 19.2 Å². The van der Waals surface area contributed by atoms with Gasteiger partial charge in [0.15, 0.2) is 0 Å². The summed E-state index contributed by atoms with van der Waals surface area (Å²) >= 11 is 0. The Balaban J connectivity index is 0.000000290. The average molecular weight is 359 g/mol. The predicted octanol–water partition coefficient (Wildman–Crippen LogP) is 1.62. The summed E-state index contributed by atoms with van der Waals surface area (Å²) in [6.45, 7) is 8.02. The van der Waals surface area contributed by atoms with E-state index in [9.17, 15) is 4.79 Å². The van der Waals surface area contributed by atoms with E-state index >= 15 is 0 Å². The summed E-state index contributed by atoms with van der Waals surface area (Å²) in [5.41, 5.74) is 6.96. The molecule has 0 aliphatic carbocycles. The Bertz CT molecular complexity index is 724. The van der Waals surface area contributed by atoms with Crippen LogP contribution in [0.15, 0.2) is 36.7 Å². The fourth-order valence-electron chi connectivity index (χ4n) is 2.39. The second kappa shape index (κ2) is 7.51. The Morgan fingerprint density at radius 3 is 2.08 bits per heavy atom. The number of aromatic nitrogens is 2. The molecule has 0 unspecified atom stereocenters. The van der Waals surface area contributed by atoms with Crippen LogP contribution < -0.4 is 11.2 Å². The molecule has 0 spiro atoms. The number of aryl methyl sites for hydroxylation is 1. The molecule has 1 aliphatic rings. The Morgan fingerprint density at radius 1 is 1.19 bits per heavy atom. The number of nitrogens with two attached hydrogens (primary N) is 1. The number of anilines is 1. The molecule has 7 nitrogen and oxygen atoms in total. The molecule has 2 heterocycles. The fraction of sp³-hybridized carbons (Fsp3) is 0.444. The predicted molar refractivity (Wildman–Crippen MR) is 101 cm³/mol. The first-order chi connectivity index (χ1) is 12.0. The van der Waals surface area contributed by atoms with Crippen LogP contribution in [-0.4, -0.2) is 39.2 Å². The molecule has 0 amide bonds. The minimum Gasteiger partial charge on any atom is -0.481 e. The van der Waals surface area contributed by atoms with E-state index < -0.39 is 13.1 Å². The van der Waals surface area contributed by atoms with Gasteiger partial charge in [-0.1, -0.05) is 24.3 Å². The molecular formula is C18H26BN3O4. The summed E-state index contributed by atoms with van der Waals surface area (Å²) in [6, 6.07) is 7.32. The van der Waals surface area contributed by atoms with E-state index in [0.29, 0.717) is 5.69 Å². The van der Waals surface area contributed by atoms with Crippen molar-refractivity contribution in [1.82, 2.24) is 9.78 Å². The van der Waals surface area contributed by atoms with Crippen molar-refractivity contribution in [1.29, 1.82) is 0 Å². The van der Waals surface area contributed by atoms with Gasteiger partial charge in [0.25, 0.3) is 0 Å². The number of aliphatic carboxylic acids is 1. The molecule has 1 fully saturated rings. The molecule has 2 aromatic rings. The molecule has 140 valence electrons. The van der Waals surface area contributed by atoms with Gasteiger partial charge in [-0.3, -0.25) is 9.48 Å². The van der Waals surface area contributed by atoms with Gasteiger partial charge in [0.2, 0.25) is 0 Å². The Kier molecular flexibility index (Phi) is 5.78. The van der Waals surface area contributed by atoms with Gasteiger partial charge >= 0.3 is 13.1 Å². The largest absolute Gasteiger partial charge is 0.494 e. The molecule has 3 rings (SSSR count). The summed E-state index contributed by atoms with van der Waals surface area (Å²) in [4.78, 5) is 10.6. The summed E-state index contributed by atoms with van der Waals surface area (Å²) in [7, 11) is 1.43. The topological polar surface area (TPSA) is 99.6 Å². The highest BCUT2D eigenvalue weighted by Crippen LogP contribution is 2.36. The monoisotopic (exact) mass is 359 g/mol. The number of nitrogens with zero attached hydrogens (tertiary/aromatic N) is 2. The Morgan fingerprint density at radius 2 is 1.73 bits per heavy atom. The molecule has 0 atom stereocenters. The number of benzene rings is 1. The Hall–Kier alpha value is -2.32. The third-order valence-electron chi connectivity index (χ3n) is 4.59. The summed E-state index contributed by atoms with van der Waals surface area (Å²) < 4.78 is 13.5. The molecule has 0 bridgehead atoms. The smallest absolute Gasteiger partial charge is 0.481 e.